The number of benzene rings is 2. The van der Waals surface area contributed by atoms with Crippen LogP contribution in [0.1, 0.15) is 28.8 Å². The van der Waals surface area contributed by atoms with Crippen molar-refractivity contribution >= 4 is 17.5 Å². The molecule has 0 aliphatic carbocycles. The predicted molar refractivity (Wildman–Crippen MR) is 152 cm³/mol. The Morgan fingerprint density at radius 2 is 1.93 bits per heavy atom. The van der Waals surface area contributed by atoms with Crippen molar-refractivity contribution in [1.29, 1.82) is 0 Å². The Morgan fingerprint density at radius 3 is 2.67 bits per heavy atom. The molecular formula is C30H28F4N6O3. The second-order valence-corrected chi connectivity index (χ2v) is 9.90. The van der Waals surface area contributed by atoms with Gasteiger partial charge in [-0.1, -0.05) is 0 Å². The van der Waals surface area contributed by atoms with E-state index in [0.717, 1.165) is 43.7 Å². The van der Waals surface area contributed by atoms with Gasteiger partial charge in [-0.2, -0.15) is 13.2 Å². The van der Waals surface area contributed by atoms with E-state index in [1.54, 1.807) is 25.2 Å². The van der Waals surface area contributed by atoms with Crippen LogP contribution in [-0.2, 0) is 6.18 Å². The molecule has 1 atom stereocenters. The quantitative estimate of drug-likeness (QED) is 0.219. The van der Waals surface area contributed by atoms with Crippen LogP contribution in [0.25, 0.3) is 11.3 Å². The van der Waals surface area contributed by atoms with Crippen LogP contribution in [0, 0.1) is 5.82 Å². The van der Waals surface area contributed by atoms with E-state index in [9.17, 15) is 22.4 Å². The molecule has 1 aliphatic heterocycles. The number of aromatic nitrogens is 3. The second kappa shape index (κ2) is 12.6. The van der Waals surface area contributed by atoms with Crippen molar-refractivity contribution in [3.05, 3.63) is 83.9 Å². The highest BCUT2D eigenvalue weighted by Crippen LogP contribution is 2.35. The minimum absolute atomic E-state index is 0.0206. The van der Waals surface area contributed by atoms with Gasteiger partial charge in [0.05, 0.1) is 16.8 Å². The van der Waals surface area contributed by atoms with Crippen LogP contribution in [0.5, 0.6) is 17.4 Å². The first-order chi connectivity index (χ1) is 20.6. The summed E-state index contributed by atoms with van der Waals surface area (Å²) < 4.78 is 67.3. The van der Waals surface area contributed by atoms with Gasteiger partial charge in [0.1, 0.15) is 12.4 Å². The van der Waals surface area contributed by atoms with Crippen LogP contribution in [-0.4, -0.2) is 59.0 Å². The largest absolute Gasteiger partial charge is 0.492 e. The number of carbonyl (C=O) groups is 1. The van der Waals surface area contributed by atoms with Gasteiger partial charge < -0.3 is 25.0 Å². The lowest BCUT2D eigenvalue weighted by Crippen LogP contribution is -2.30. The number of anilines is 2. The third kappa shape index (κ3) is 7.17. The van der Waals surface area contributed by atoms with Crippen LogP contribution < -0.4 is 20.1 Å². The van der Waals surface area contributed by atoms with E-state index in [2.05, 4.69) is 30.5 Å². The fourth-order valence-corrected chi connectivity index (χ4v) is 4.63. The standard InChI is InChI=1S/C30H28F4N6O3/c1-35-29-37-11-9-25(39-29)23-6-3-10-36-28(23)43-26-13-18(7-8-24(26)31)27(41)38-20-14-19(30(32,33)34)15-22(16-20)42-17-21-5-4-12-40(21)2/h3,6-11,13-16,21H,4-5,12,17H2,1-2H3,(H,38,41)(H,35,37,39)/t21-/m0/s1. The molecule has 13 heteroatoms. The van der Waals surface area contributed by atoms with E-state index < -0.39 is 23.5 Å². The maximum atomic E-state index is 14.8. The number of hydrogen-bond acceptors (Lipinski definition) is 8. The Bertz CT molecular complexity index is 1620. The van der Waals surface area contributed by atoms with E-state index in [-0.39, 0.29) is 41.3 Å². The van der Waals surface area contributed by atoms with E-state index in [1.165, 1.54) is 24.5 Å². The fraction of sp³-hybridized carbons (Fsp3) is 0.267. The third-order valence-electron chi connectivity index (χ3n) is 6.93. The number of likely N-dealkylation sites (N-methyl/N-ethyl adjacent to an activating group) is 1. The molecule has 1 aliphatic rings. The first-order valence-electron chi connectivity index (χ1n) is 13.4. The second-order valence-electron chi connectivity index (χ2n) is 9.90. The van der Waals surface area contributed by atoms with Crippen molar-refractivity contribution in [3.8, 4) is 28.6 Å². The highest BCUT2D eigenvalue weighted by atomic mass is 19.4. The number of hydrogen-bond donors (Lipinski definition) is 2. The number of nitrogens with zero attached hydrogens (tertiary/aromatic N) is 4. The SMILES string of the molecule is CNc1nccc(-c2cccnc2Oc2cc(C(=O)Nc3cc(OC[C@@H]4CCCN4C)cc(C(F)(F)F)c3)ccc2F)n1. The molecule has 5 rings (SSSR count). The zero-order chi connectivity index (χ0) is 30.6. The monoisotopic (exact) mass is 596 g/mol. The van der Waals surface area contributed by atoms with Crippen LogP contribution in [0.4, 0.5) is 29.2 Å². The van der Waals surface area contributed by atoms with Gasteiger partial charge in [-0.05, 0) is 75.0 Å². The summed E-state index contributed by atoms with van der Waals surface area (Å²) in [5, 5.41) is 5.29. The Kier molecular flexibility index (Phi) is 8.71. The topological polar surface area (TPSA) is 102 Å². The smallest absolute Gasteiger partial charge is 0.416 e. The molecule has 2 N–H and O–H groups in total. The normalized spacial score (nSPS) is 15.3. The average molecular weight is 597 g/mol. The number of rotatable bonds is 9. The Morgan fingerprint density at radius 1 is 1.09 bits per heavy atom. The van der Waals surface area contributed by atoms with Crippen LogP contribution in [0.3, 0.4) is 0 Å². The molecule has 1 fully saturated rings. The number of carbonyl (C=O) groups excluding carboxylic acids is 1. The van der Waals surface area contributed by atoms with Gasteiger partial charge in [-0.25, -0.2) is 19.3 Å². The molecule has 1 saturated heterocycles. The van der Waals surface area contributed by atoms with E-state index in [1.807, 2.05) is 7.05 Å². The first kappa shape index (κ1) is 29.7. The molecular weight excluding hydrogens is 568 g/mol. The van der Waals surface area contributed by atoms with E-state index >= 15 is 0 Å². The van der Waals surface area contributed by atoms with Crippen LogP contribution in [0.2, 0.25) is 0 Å². The molecule has 43 heavy (non-hydrogen) atoms. The van der Waals surface area contributed by atoms with Crippen molar-refractivity contribution in [2.24, 2.45) is 0 Å². The molecule has 9 nitrogen and oxygen atoms in total. The molecule has 0 unspecified atom stereocenters. The molecule has 1 amide bonds. The lowest BCUT2D eigenvalue weighted by molar-refractivity contribution is -0.137. The number of nitrogens with one attached hydrogen (secondary N) is 2. The highest BCUT2D eigenvalue weighted by molar-refractivity contribution is 6.04. The van der Waals surface area contributed by atoms with Gasteiger partial charge in [-0.15, -0.1) is 0 Å². The Balaban J connectivity index is 1.37. The summed E-state index contributed by atoms with van der Waals surface area (Å²) in [5.74, 6) is -1.52. The number of halogens is 4. The number of ether oxygens (including phenoxy) is 2. The number of amides is 1. The molecule has 0 saturated carbocycles. The van der Waals surface area contributed by atoms with Crippen molar-refractivity contribution in [2.45, 2.75) is 25.1 Å². The number of alkyl halides is 3. The van der Waals surface area contributed by atoms with Crippen molar-refractivity contribution in [1.82, 2.24) is 19.9 Å². The van der Waals surface area contributed by atoms with Crippen LogP contribution in [0.15, 0.2) is 67.0 Å². The highest BCUT2D eigenvalue weighted by Gasteiger charge is 2.32. The molecule has 2 aromatic heterocycles. The van der Waals surface area contributed by atoms with Gasteiger partial charge in [0.15, 0.2) is 11.6 Å². The zero-order valence-corrected chi connectivity index (χ0v) is 23.3. The summed E-state index contributed by atoms with van der Waals surface area (Å²) >= 11 is 0. The van der Waals surface area contributed by atoms with Crippen molar-refractivity contribution in [3.63, 3.8) is 0 Å². The maximum Gasteiger partial charge on any atom is 0.416 e. The number of pyridine rings is 1. The minimum atomic E-state index is -4.67. The molecule has 224 valence electrons. The molecule has 0 bridgehead atoms. The fourth-order valence-electron chi connectivity index (χ4n) is 4.63. The lowest BCUT2D eigenvalue weighted by Gasteiger charge is -2.20. The first-order valence-corrected chi connectivity index (χ1v) is 13.4. The summed E-state index contributed by atoms with van der Waals surface area (Å²) in [7, 11) is 3.60. The van der Waals surface area contributed by atoms with Crippen molar-refractivity contribution in [2.75, 3.05) is 37.9 Å². The van der Waals surface area contributed by atoms with Gasteiger partial charge in [-0.3, -0.25) is 4.79 Å². The molecule has 3 heterocycles. The predicted octanol–water partition coefficient (Wildman–Crippen LogP) is 6.26. The van der Waals surface area contributed by atoms with Gasteiger partial charge in [0.25, 0.3) is 5.91 Å². The van der Waals surface area contributed by atoms with Crippen LogP contribution >= 0.6 is 0 Å². The third-order valence-corrected chi connectivity index (χ3v) is 6.93. The lowest BCUT2D eigenvalue weighted by atomic mass is 10.1. The van der Waals surface area contributed by atoms with Crippen molar-refractivity contribution < 1.29 is 31.8 Å². The summed E-state index contributed by atoms with van der Waals surface area (Å²) in [4.78, 5) is 27.8. The summed E-state index contributed by atoms with van der Waals surface area (Å²) in [6.07, 6.45) is 0.179. The summed E-state index contributed by atoms with van der Waals surface area (Å²) in [5.41, 5.74) is -0.259. The average Bonchev–Trinajstić information content (AvgIpc) is 3.41. The van der Waals surface area contributed by atoms with Gasteiger partial charge in [0.2, 0.25) is 11.8 Å². The molecule has 0 spiro atoms. The molecule has 2 aromatic carbocycles. The van der Waals surface area contributed by atoms with Gasteiger partial charge >= 0.3 is 6.18 Å². The maximum absolute atomic E-state index is 14.8. The molecule has 4 aromatic rings. The summed E-state index contributed by atoms with van der Waals surface area (Å²) in [6.45, 7) is 1.10. The Labute approximate surface area is 244 Å². The zero-order valence-electron chi connectivity index (χ0n) is 23.3. The van der Waals surface area contributed by atoms with Gasteiger partial charge in [0, 0.05) is 42.8 Å². The Hall–Kier alpha value is -4.78. The molecule has 0 radical (unpaired) electrons. The van der Waals surface area contributed by atoms with E-state index in [4.69, 9.17) is 9.47 Å². The van der Waals surface area contributed by atoms with E-state index in [0.29, 0.717) is 17.2 Å². The minimum Gasteiger partial charge on any atom is -0.492 e. The summed E-state index contributed by atoms with van der Waals surface area (Å²) in [6, 6.07) is 11.4. The number of likely N-dealkylation sites (tertiary alicyclic amines) is 1.